The highest BCUT2D eigenvalue weighted by atomic mass is 35.5. The molecule has 2 rings (SSSR count). The molecule has 16 heavy (non-hydrogen) atoms. The van der Waals surface area contributed by atoms with Gasteiger partial charge in [0.25, 0.3) is 5.91 Å². The van der Waals surface area contributed by atoms with Gasteiger partial charge in [-0.15, -0.1) is 0 Å². The predicted molar refractivity (Wildman–Crippen MR) is 68.7 cm³/mol. The van der Waals surface area contributed by atoms with E-state index in [0.29, 0.717) is 15.9 Å². The number of nitrogens with zero attached hydrogens (tertiary/aromatic N) is 2. The van der Waals surface area contributed by atoms with E-state index in [2.05, 4.69) is 0 Å². The molecule has 3 nitrogen and oxygen atoms in total. The molecule has 0 aromatic carbocycles. The van der Waals surface area contributed by atoms with Crippen molar-refractivity contribution in [2.24, 2.45) is 7.05 Å². The van der Waals surface area contributed by atoms with Gasteiger partial charge in [-0.1, -0.05) is 23.2 Å². The van der Waals surface area contributed by atoms with E-state index >= 15 is 0 Å². The number of hydrogen-bond acceptors (Lipinski definition) is 2. The summed E-state index contributed by atoms with van der Waals surface area (Å²) in [4.78, 5) is 14.0. The van der Waals surface area contributed by atoms with Gasteiger partial charge in [0.2, 0.25) is 0 Å². The van der Waals surface area contributed by atoms with E-state index in [0.717, 1.165) is 24.6 Å². The molecular formula is C10H12Cl2N2OS. The maximum absolute atomic E-state index is 12.2. The topological polar surface area (TPSA) is 25.2 Å². The van der Waals surface area contributed by atoms with Gasteiger partial charge in [-0.2, -0.15) is 11.8 Å². The van der Waals surface area contributed by atoms with E-state index in [-0.39, 0.29) is 5.91 Å². The van der Waals surface area contributed by atoms with Gasteiger partial charge in [0.1, 0.15) is 10.8 Å². The number of carbonyl (C=O) groups excluding carboxylic acids is 1. The monoisotopic (exact) mass is 278 g/mol. The first kappa shape index (κ1) is 12.1. The standard InChI is InChI=1S/C10H12Cl2N2OS/c1-13-8(6-7(11)9(13)12)10(15)14-2-4-16-5-3-14/h6H,2-5H2,1H3. The molecule has 2 heterocycles. The molecule has 1 aromatic rings. The van der Waals surface area contributed by atoms with Gasteiger partial charge < -0.3 is 9.47 Å². The number of halogens is 2. The first-order chi connectivity index (χ1) is 7.61. The van der Waals surface area contributed by atoms with E-state index in [1.54, 1.807) is 17.7 Å². The molecule has 0 N–H and O–H groups in total. The molecule has 0 saturated carbocycles. The first-order valence-electron chi connectivity index (χ1n) is 4.99. The Hall–Kier alpha value is -0.320. The molecule has 0 radical (unpaired) electrons. The SMILES string of the molecule is Cn1c(C(=O)N2CCSCC2)cc(Cl)c1Cl. The first-order valence-corrected chi connectivity index (χ1v) is 6.90. The van der Waals surface area contributed by atoms with E-state index in [1.807, 2.05) is 16.7 Å². The van der Waals surface area contributed by atoms with E-state index < -0.39 is 0 Å². The normalized spacial score (nSPS) is 16.6. The zero-order chi connectivity index (χ0) is 11.7. The van der Waals surface area contributed by atoms with Crippen molar-refractivity contribution in [3.63, 3.8) is 0 Å². The summed E-state index contributed by atoms with van der Waals surface area (Å²) in [6.45, 7) is 1.59. The van der Waals surface area contributed by atoms with Crippen LogP contribution < -0.4 is 0 Å². The highest BCUT2D eigenvalue weighted by Gasteiger charge is 2.22. The fourth-order valence-corrected chi connectivity index (χ4v) is 2.95. The quantitative estimate of drug-likeness (QED) is 0.789. The largest absolute Gasteiger partial charge is 0.336 e. The maximum Gasteiger partial charge on any atom is 0.270 e. The van der Waals surface area contributed by atoms with Gasteiger partial charge in [-0.25, -0.2) is 0 Å². The lowest BCUT2D eigenvalue weighted by Gasteiger charge is -2.26. The fourth-order valence-electron chi connectivity index (χ4n) is 1.68. The Morgan fingerprint density at radius 1 is 1.38 bits per heavy atom. The van der Waals surface area contributed by atoms with Crippen molar-refractivity contribution in [1.29, 1.82) is 0 Å². The van der Waals surface area contributed by atoms with Crippen LogP contribution in [0.3, 0.4) is 0 Å². The van der Waals surface area contributed by atoms with E-state index in [9.17, 15) is 4.79 Å². The number of aromatic nitrogens is 1. The van der Waals surface area contributed by atoms with Crippen LogP contribution in [0.25, 0.3) is 0 Å². The summed E-state index contributed by atoms with van der Waals surface area (Å²) in [5.41, 5.74) is 0.557. The molecule has 0 aliphatic carbocycles. The average Bonchev–Trinajstić information content (AvgIpc) is 2.57. The summed E-state index contributed by atoms with van der Waals surface area (Å²) >= 11 is 13.7. The molecule has 1 fully saturated rings. The average molecular weight is 279 g/mol. The van der Waals surface area contributed by atoms with Crippen molar-refractivity contribution < 1.29 is 4.79 Å². The van der Waals surface area contributed by atoms with Gasteiger partial charge in [-0.05, 0) is 6.07 Å². The van der Waals surface area contributed by atoms with Crippen LogP contribution in [-0.4, -0.2) is 40.0 Å². The summed E-state index contributed by atoms with van der Waals surface area (Å²) in [5, 5.41) is 0.843. The second-order valence-corrected chi connectivity index (χ2v) is 5.62. The van der Waals surface area contributed by atoms with Gasteiger partial charge in [0.05, 0.1) is 5.02 Å². The summed E-state index contributed by atoms with van der Waals surface area (Å²) < 4.78 is 1.63. The Kier molecular flexibility index (Phi) is 3.72. The number of hydrogen-bond donors (Lipinski definition) is 0. The molecule has 0 spiro atoms. The van der Waals surface area contributed by atoms with Crippen molar-refractivity contribution in [3.05, 3.63) is 21.9 Å². The van der Waals surface area contributed by atoms with Crippen LogP contribution in [-0.2, 0) is 7.05 Å². The lowest BCUT2D eigenvalue weighted by atomic mass is 10.3. The van der Waals surface area contributed by atoms with Crippen LogP contribution in [0.5, 0.6) is 0 Å². The third-order valence-electron chi connectivity index (χ3n) is 2.63. The molecule has 1 amide bonds. The van der Waals surface area contributed by atoms with Crippen LogP contribution in [0.2, 0.25) is 10.2 Å². The third kappa shape index (κ3) is 2.19. The Labute approximate surface area is 109 Å². The minimum atomic E-state index is 0.0107. The summed E-state index contributed by atoms with van der Waals surface area (Å²) in [7, 11) is 1.75. The van der Waals surface area contributed by atoms with Crippen molar-refractivity contribution >= 4 is 40.9 Å². The lowest BCUT2D eigenvalue weighted by Crippen LogP contribution is -2.38. The summed E-state index contributed by atoms with van der Waals surface area (Å²) in [5.74, 6) is 2.01. The molecule has 0 unspecified atom stereocenters. The molecule has 0 bridgehead atoms. The smallest absolute Gasteiger partial charge is 0.270 e. The van der Waals surface area contributed by atoms with E-state index in [1.165, 1.54) is 0 Å². The molecule has 0 atom stereocenters. The predicted octanol–water partition coefficient (Wildman–Crippen LogP) is 2.52. The summed E-state index contributed by atoms with van der Waals surface area (Å²) in [6.07, 6.45) is 0. The molecule has 88 valence electrons. The molecule has 1 aliphatic heterocycles. The molecule has 6 heteroatoms. The Morgan fingerprint density at radius 3 is 2.50 bits per heavy atom. The van der Waals surface area contributed by atoms with Crippen LogP contribution in [0.4, 0.5) is 0 Å². The van der Waals surface area contributed by atoms with Gasteiger partial charge in [0, 0.05) is 31.6 Å². The highest BCUT2D eigenvalue weighted by Crippen LogP contribution is 2.26. The molecular weight excluding hydrogens is 267 g/mol. The molecule has 1 aromatic heterocycles. The van der Waals surface area contributed by atoms with E-state index in [4.69, 9.17) is 23.2 Å². The van der Waals surface area contributed by atoms with Crippen LogP contribution in [0.15, 0.2) is 6.07 Å². The van der Waals surface area contributed by atoms with Crippen LogP contribution in [0, 0.1) is 0 Å². The minimum absolute atomic E-state index is 0.0107. The zero-order valence-electron chi connectivity index (χ0n) is 8.87. The highest BCUT2D eigenvalue weighted by molar-refractivity contribution is 7.99. The van der Waals surface area contributed by atoms with Crippen LogP contribution in [0.1, 0.15) is 10.5 Å². The third-order valence-corrected chi connectivity index (χ3v) is 4.42. The van der Waals surface area contributed by atoms with Crippen LogP contribution >= 0.6 is 35.0 Å². The Balaban J connectivity index is 2.22. The van der Waals surface area contributed by atoms with Crippen molar-refractivity contribution in [3.8, 4) is 0 Å². The number of rotatable bonds is 1. The maximum atomic E-state index is 12.2. The fraction of sp³-hybridized carbons (Fsp3) is 0.500. The number of carbonyl (C=O) groups is 1. The molecule has 1 saturated heterocycles. The Bertz CT molecular complexity index is 413. The van der Waals surface area contributed by atoms with Gasteiger partial charge in [0.15, 0.2) is 0 Å². The summed E-state index contributed by atoms with van der Waals surface area (Å²) in [6, 6.07) is 1.63. The van der Waals surface area contributed by atoms with Crippen molar-refractivity contribution in [2.75, 3.05) is 24.6 Å². The van der Waals surface area contributed by atoms with Crippen molar-refractivity contribution in [2.45, 2.75) is 0 Å². The number of thioether (sulfide) groups is 1. The Morgan fingerprint density at radius 2 is 2.00 bits per heavy atom. The lowest BCUT2D eigenvalue weighted by molar-refractivity contribution is 0.0763. The minimum Gasteiger partial charge on any atom is -0.336 e. The molecule has 1 aliphatic rings. The van der Waals surface area contributed by atoms with Gasteiger partial charge in [-0.3, -0.25) is 4.79 Å². The second-order valence-electron chi connectivity index (χ2n) is 3.63. The van der Waals surface area contributed by atoms with Gasteiger partial charge >= 0.3 is 0 Å². The van der Waals surface area contributed by atoms with Crippen molar-refractivity contribution in [1.82, 2.24) is 9.47 Å². The number of amides is 1. The second kappa shape index (κ2) is 4.90. The zero-order valence-corrected chi connectivity index (χ0v) is 11.2.